The summed E-state index contributed by atoms with van der Waals surface area (Å²) in [5.41, 5.74) is 0. The predicted octanol–water partition coefficient (Wildman–Crippen LogP) is 2.52. The lowest BCUT2D eigenvalue weighted by Crippen LogP contribution is -2.23. The van der Waals surface area contributed by atoms with Crippen molar-refractivity contribution in [2.24, 2.45) is 0 Å². The van der Waals surface area contributed by atoms with E-state index >= 15 is 0 Å². The lowest BCUT2D eigenvalue weighted by molar-refractivity contribution is -0.0141. The molecule has 0 bridgehead atoms. The minimum Gasteiger partial charge on any atom is -0.371 e. The van der Waals surface area contributed by atoms with Crippen LogP contribution >= 0.6 is 0 Å². The number of hydrogen-bond donors (Lipinski definition) is 0. The number of ether oxygens (including phenoxy) is 1. The molecule has 0 saturated carbocycles. The summed E-state index contributed by atoms with van der Waals surface area (Å²) < 4.78 is 5.64. The van der Waals surface area contributed by atoms with Crippen LogP contribution in [0, 0.1) is 0 Å². The van der Waals surface area contributed by atoms with Crippen LogP contribution in [0.5, 0.6) is 0 Å². The molecule has 0 aliphatic carbocycles. The van der Waals surface area contributed by atoms with Gasteiger partial charge in [0.15, 0.2) is 0 Å². The zero-order chi connectivity index (χ0) is 7.40. The van der Waals surface area contributed by atoms with E-state index in [2.05, 4.69) is 19.1 Å². The molecule has 1 nitrogen and oxygen atoms in total. The van der Waals surface area contributed by atoms with E-state index in [9.17, 15) is 0 Å². The quantitative estimate of drug-likeness (QED) is 0.508. The Balaban J connectivity index is 2.32. The molecule has 0 aromatic rings. The van der Waals surface area contributed by atoms with Crippen LogP contribution < -0.4 is 0 Å². The minimum absolute atomic E-state index is 0.397. The monoisotopic (exact) mass is 140 g/mol. The van der Waals surface area contributed by atoms with E-state index in [0.29, 0.717) is 12.2 Å². The minimum atomic E-state index is 0.397. The Morgan fingerprint density at radius 2 is 2.20 bits per heavy atom. The van der Waals surface area contributed by atoms with Gasteiger partial charge in [0.1, 0.15) is 0 Å². The first kappa shape index (κ1) is 7.80. The highest BCUT2D eigenvalue weighted by molar-refractivity contribution is 4.88. The molecular weight excluding hydrogens is 124 g/mol. The summed E-state index contributed by atoms with van der Waals surface area (Å²) in [4.78, 5) is 0. The average Bonchev–Trinajstić information content (AvgIpc) is 1.88. The lowest BCUT2D eigenvalue weighted by Gasteiger charge is -2.25. The molecule has 1 aliphatic heterocycles. The molecule has 1 heterocycles. The molecule has 0 amide bonds. The summed E-state index contributed by atoms with van der Waals surface area (Å²) in [6.45, 7) is 4.19. The Kier molecular flexibility index (Phi) is 2.94. The van der Waals surface area contributed by atoms with Gasteiger partial charge in [0, 0.05) is 0 Å². The largest absolute Gasteiger partial charge is 0.371 e. The molecule has 10 heavy (non-hydrogen) atoms. The van der Waals surface area contributed by atoms with Gasteiger partial charge in [0.25, 0.3) is 0 Å². The van der Waals surface area contributed by atoms with Gasteiger partial charge in [-0.05, 0) is 33.1 Å². The van der Waals surface area contributed by atoms with Crippen molar-refractivity contribution in [3.8, 4) is 0 Å². The Labute approximate surface area is 63.1 Å². The van der Waals surface area contributed by atoms with E-state index in [1.807, 2.05) is 6.92 Å². The maximum absolute atomic E-state index is 5.64. The first-order valence-electron chi connectivity index (χ1n) is 4.11. The Morgan fingerprint density at radius 1 is 1.40 bits per heavy atom. The van der Waals surface area contributed by atoms with Crippen molar-refractivity contribution in [2.45, 2.75) is 45.3 Å². The fraction of sp³-hybridized carbons (Fsp3) is 0.778. The van der Waals surface area contributed by atoms with Crippen molar-refractivity contribution in [1.29, 1.82) is 0 Å². The summed E-state index contributed by atoms with van der Waals surface area (Å²) in [6.07, 6.45) is 8.83. The predicted molar refractivity (Wildman–Crippen MR) is 43.0 cm³/mol. The van der Waals surface area contributed by atoms with Gasteiger partial charge in [-0.1, -0.05) is 12.2 Å². The third-order valence-electron chi connectivity index (χ3n) is 1.91. The van der Waals surface area contributed by atoms with Gasteiger partial charge in [-0.3, -0.25) is 0 Å². The van der Waals surface area contributed by atoms with Gasteiger partial charge in [0.2, 0.25) is 0 Å². The maximum Gasteiger partial charge on any atom is 0.0759 e. The van der Waals surface area contributed by atoms with Crippen LogP contribution in [0.3, 0.4) is 0 Å². The second kappa shape index (κ2) is 3.77. The zero-order valence-electron chi connectivity index (χ0n) is 6.84. The normalized spacial score (nSPS) is 35.0. The third-order valence-corrected chi connectivity index (χ3v) is 1.91. The summed E-state index contributed by atoms with van der Waals surface area (Å²) >= 11 is 0. The van der Waals surface area contributed by atoms with Gasteiger partial charge in [-0.2, -0.15) is 0 Å². The van der Waals surface area contributed by atoms with Crippen LogP contribution in [0.2, 0.25) is 0 Å². The van der Waals surface area contributed by atoms with Crippen LogP contribution in [0.25, 0.3) is 0 Å². The SMILES string of the molecule is C/C=C/[C@H]1CCC[C@@H](C)O1. The average molecular weight is 140 g/mol. The van der Waals surface area contributed by atoms with Crippen LogP contribution in [-0.4, -0.2) is 12.2 Å². The van der Waals surface area contributed by atoms with E-state index in [1.54, 1.807) is 0 Å². The van der Waals surface area contributed by atoms with E-state index < -0.39 is 0 Å². The van der Waals surface area contributed by atoms with Gasteiger partial charge in [-0.25, -0.2) is 0 Å². The Bertz CT molecular complexity index is 118. The smallest absolute Gasteiger partial charge is 0.0759 e. The fourth-order valence-electron chi connectivity index (χ4n) is 1.40. The van der Waals surface area contributed by atoms with Gasteiger partial charge >= 0.3 is 0 Å². The van der Waals surface area contributed by atoms with Gasteiger partial charge < -0.3 is 4.74 Å². The summed E-state index contributed by atoms with van der Waals surface area (Å²) in [6, 6.07) is 0. The third kappa shape index (κ3) is 2.14. The summed E-state index contributed by atoms with van der Waals surface area (Å²) in [5, 5.41) is 0. The molecule has 0 N–H and O–H groups in total. The highest BCUT2D eigenvalue weighted by atomic mass is 16.5. The number of hydrogen-bond acceptors (Lipinski definition) is 1. The van der Waals surface area contributed by atoms with Crippen molar-refractivity contribution in [3.05, 3.63) is 12.2 Å². The first-order chi connectivity index (χ1) is 4.83. The van der Waals surface area contributed by atoms with E-state index in [4.69, 9.17) is 4.74 Å². The van der Waals surface area contributed by atoms with Crippen LogP contribution in [0.1, 0.15) is 33.1 Å². The molecule has 0 aromatic heterocycles. The van der Waals surface area contributed by atoms with Crippen LogP contribution in [0.4, 0.5) is 0 Å². The van der Waals surface area contributed by atoms with Crippen molar-refractivity contribution in [1.82, 2.24) is 0 Å². The first-order valence-corrected chi connectivity index (χ1v) is 4.11. The zero-order valence-corrected chi connectivity index (χ0v) is 6.84. The highest BCUT2D eigenvalue weighted by Crippen LogP contribution is 2.18. The standard InChI is InChI=1S/C9H16O/c1-3-5-9-7-4-6-8(2)10-9/h3,5,8-9H,4,6-7H2,1-2H3/b5-3+/t8-,9+/m1/s1. The number of rotatable bonds is 1. The summed E-state index contributed by atoms with van der Waals surface area (Å²) in [5.74, 6) is 0. The van der Waals surface area contributed by atoms with Crippen molar-refractivity contribution < 1.29 is 4.74 Å². The van der Waals surface area contributed by atoms with E-state index in [1.165, 1.54) is 19.3 Å². The Hall–Kier alpha value is -0.300. The molecule has 1 aliphatic rings. The van der Waals surface area contributed by atoms with Crippen LogP contribution in [0.15, 0.2) is 12.2 Å². The fourth-order valence-corrected chi connectivity index (χ4v) is 1.40. The van der Waals surface area contributed by atoms with E-state index in [-0.39, 0.29) is 0 Å². The van der Waals surface area contributed by atoms with Crippen molar-refractivity contribution in [3.63, 3.8) is 0 Å². The van der Waals surface area contributed by atoms with Crippen LogP contribution in [-0.2, 0) is 4.74 Å². The second-order valence-electron chi connectivity index (χ2n) is 2.94. The van der Waals surface area contributed by atoms with Crippen molar-refractivity contribution in [2.75, 3.05) is 0 Å². The summed E-state index contributed by atoms with van der Waals surface area (Å²) in [7, 11) is 0. The number of allylic oxidation sites excluding steroid dienone is 1. The molecule has 2 atom stereocenters. The second-order valence-corrected chi connectivity index (χ2v) is 2.94. The molecule has 58 valence electrons. The van der Waals surface area contributed by atoms with E-state index in [0.717, 1.165) is 0 Å². The molecule has 1 rings (SSSR count). The molecule has 0 spiro atoms. The molecule has 1 saturated heterocycles. The molecule has 0 unspecified atom stereocenters. The molecule has 0 aromatic carbocycles. The maximum atomic E-state index is 5.64. The highest BCUT2D eigenvalue weighted by Gasteiger charge is 2.15. The van der Waals surface area contributed by atoms with Gasteiger partial charge in [-0.15, -0.1) is 0 Å². The van der Waals surface area contributed by atoms with Gasteiger partial charge in [0.05, 0.1) is 12.2 Å². The lowest BCUT2D eigenvalue weighted by atomic mass is 10.0. The molecule has 0 radical (unpaired) electrons. The molecule has 1 fully saturated rings. The molecular formula is C9H16O. The molecule has 1 heteroatoms. The Morgan fingerprint density at radius 3 is 2.80 bits per heavy atom. The topological polar surface area (TPSA) is 9.23 Å². The van der Waals surface area contributed by atoms with Crippen molar-refractivity contribution >= 4 is 0 Å².